The Morgan fingerprint density at radius 2 is 2.08 bits per heavy atom. The number of para-hydroxylation sites is 1. The monoisotopic (exact) mass is 365 g/mol. The largest absolute Gasteiger partial charge is 0.496 e. The molecule has 0 atom stereocenters. The first kappa shape index (κ1) is 18.1. The Morgan fingerprint density at radius 1 is 1.29 bits per heavy atom. The summed E-state index contributed by atoms with van der Waals surface area (Å²) in [6, 6.07) is 9.07. The molecule has 1 aromatic carbocycles. The highest BCUT2D eigenvalue weighted by Crippen LogP contribution is 2.22. The van der Waals surface area contributed by atoms with Crippen LogP contribution in [0.1, 0.15) is 5.56 Å². The fraction of sp³-hybridized carbons (Fsp3) is 0.176. The maximum Gasteiger partial charge on any atom is 0.244 e. The molecule has 0 aliphatic heterocycles. The van der Waals surface area contributed by atoms with Gasteiger partial charge in [0.2, 0.25) is 5.91 Å². The van der Waals surface area contributed by atoms with Crippen molar-refractivity contribution in [1.29, 1.82) is 0 Å². The third kappa shape index (κ3) is 5.44. The van der Waals surface area contributed by atoms with Gasteiger partial charge < -0.3 is 15.4 Å². The fourth-order valence-corrected chi connectivity index (χ4v) is 2.39. The Balaban J connectivity index is 1.78. The summed E-state index contributed by atoms with van der Waals surface area (Å²) in [6.45, 7) is 0.915. The van der Waals surface area contributed by atoms with Gasteiger partial charge in [-0.25, -0.2) is 4.98 Å². The summed E-state index contributed by atoms with van der Waals surface area (Å²) in [4.78, 5) is 15.9. The predicted octanol–water partition coefficient (Wildman–Crippen LogP) is 3.64. The highest BCUT2D eigenvalue weighted by molar-refractivity contribution is 6.35. The number of aromatic nitrogens is 1. The lowest BCUT2D eigenvalue weighted by Crippen LogP contribution is -2.27. The van der Waals surface area contributed by atoms with Gasteiger partial charge in [0.15, 0.2) is 0 Å². The molecule has 7 heteroatoms. The number of rotatable bonds is 7. The SMILES string of the molecule is COc1ccccc1/C=C/C(=O)NCCNc1ncc(Cl)cc1Cl. The minimum absolute atomic E-state index is 0.196. The minimum Gasteiger partial charge on any atom is -0.496 e. The maximum atomic E-state index is 11.8. The number of nitrogens with one attached hydrogen (secondary N) is 2. The molecule has 0 fully saturated rings. The minimum atomic E-state index is -0.196. The van der Waals surface area contributed by atoms with Crippen LogP contribution in [0.15, 0.2) is 42.6 Å². The number of amides is 1. The number of benzene rings is 1. The molecule has 24 heavy (non-hydrogen) atoms. The normalized spacial score (nSPS) is 10.6. The molecule has 5 nitrogen and oxygen atoms in total. The molecule has 2 rings (SSSR count). The van der Waals surface area contributed by atoms with Crippen LogP contribution in [0, 0.1) is 0 Å². The van der Waals surface area contributed by atoms with Crippen LogP contribution in [-0.2, 0) is 4.79 Å². The summed E-state index contributed by atoms with van der Waals surface area (Å²) in [5.74, 6) is 1.05. The number of ether oxygens (including phenoxy) is 1. The van der Waals surface area contributed by atoms with Crippen molar-refractivity contribution < 1.29 is 9.53 Å². The van der Waals surface area contributed by atoms with E-state index >= 15 is 0 Å². The van der Waals surface area contributed by atoms with Gasteiger partial charge in [0.1, 0.15) is 11.6 Å². The van der Waals surface area contributed by atoms with Crippen molar-refractivity contribution in [3.8, 4) is 5.75 Å². The lowest BCUT2D eigenvalue weighted by atomic mass is 10.2. The second-order valence-corrected chi connectivity index (χ2v) is 5.62. The first-order valence-electron chi connectivity index (χ1n) is 7.24. The molecule has 0 unspecified atom stereocenters. The van der Waals surface area contributed by atoms with E-state index in [9.17, 15) is 4.79 Å². The summed E-state index contributed by atoms with van der Waals surface area (Å²) in [6.07, 6.45) is 4.68. The van der Waals surface area contributed by atoms with Gasteiger partial charge in [0, 0.05) is 30.9 Å². The summed E-state index contributed by atoms with van der Waals surface area (Å²) in [5.41, 5.74) is 0.838. The average Bonchev–Trinajstić information content (AvgIpc) is 2.58. The first-order chi connectivity index (χ1) is 11.6. The molecule has 2 N–H and O–H groups in total. The second-order valence-electron chi connectivity index (χ2n) is 4.78. The van der Waals surface area contributed by atoms with Gasteiger partial charge in [0.25, 0.3) is 0 Å². The lowest BCUT2D eigenvalue weighted by Gasteiger charge is -2.08. The van der Waals surface area contributed by atoms with E-state index in [1.54, 1.807) is 19.3 Å². The molecule has 1 aromatic heterocycles. The van der Waals surface area contributed by atoms with Crippen molar-refractivity contribution in [1.82, 2.24) is 10.3 Å². The number of carbonyl (C=O) groups is 1. The van der Waals surface area contributed by atoms with E-state index in [-0.39, 0.29) is 5.91 Å². The molecule has 2 aromatic rings. The summed E-state index contributed by atoms with van der Waals surface area (Å²) in [7, 11) is 1.59. The molecule has 0 aliphatic carbocycles. The van der Waals surface area contributed by atoms with E-state index in [1.165, 1.54) is 12.3 Å². The predicted molar refractivity (Wildman–Crippen MR) is 97.8 cm³/mol. The van der Waals surface area contributed by atoms with Crippen molar-refractivity contribution in [2.24, 2.45) is 0 Å². The van der Waals surface area contributed by atoms with Crippen molar-refractivity contribution in [3.05, 3.63) is 58.2 Å². The Morgan fingerprint density at radius 3 is 2.83 bits per heavy atom. The van der Waals surface area contributed by atoms with Gasteiger partial charge in [-0.05, 0) is 18.2 Å². The highest BCUT2D eigenvalue weighted by atomic mass is 35.5. The van der Waals surface area contributed by atoms with E-state index < -0.39 is 0 Å². The van der Waals surface area contributed by atoms with Crippen LogP contribution >= 0.6 is 23.2 Å². The Bertz CT molecular complexity index is 736. The van der Waals surface area contributed by atoms with Crippen LogP contribution in [0.25, 0.3) is 6.08 Å². The zero-order chi connectivity index (χ0) is 17.4. The Kier molecular flexibility index (Phi) is 6.90. The van der Waals surface area contributed by atoms with Crippen LogP contribution in [0.2, 0.25) is 10.0 Å². The summed E-state index contributed by atoms with van der Waals surface area (Å²) in [5, 5.41) is 6.70. The molecule has 126 valence electrons. The maximum absolute atomic E-state index is 11.8. The van der Waals surface area contributed by atoms with Gasteiger partial charge in [-0.3, -0.25) is 4.79 Å². The van der Waals surface area contributed by atoms with Gasteiger partial charge in [-0.1, -0.05) is 41.4 Å². The van der Waals surface area contributed by atoms with Gasteiger partial charge in [0.05, 0.1) is 17.2 Å². The van der Waals surface area contributed by atoms with Gasteiger partial charge in [-0.2, -0.15) is 0 Å². The smallest absolute Gasteiger partial charge is 0.244 e. The fourth-order valence-electron chi connectivity index (χ4n) is 1.94. The molecule has 0 aliphatic rings. The molecule has 0 bridgehead atoms. The molecule has 0 spiro atoms. The number of carbonyl (C=O) groups excluding carboxylic acids is 1. The van der Waals surface area contributed by atoms with Crippen molar-refractivity contribution in [2.75, 3.05) is 25.5 Å². The number of halogens is 2. The van der Waals surface area contributed by atoms with E-state index in [2.05, 4.69) is 15.6 Å². The Hall–Kier alpha value is -2.24. The average molecular weight is 366 g/mol. The number of nitrogens with zero attached hydrogens (tertiary/aromatic N) is 1. The molecule has 1 amide bonds. The second kappa shape index (κ2) is 9.15. The lowest BCUT2D eigenvalue weighted by molar-refractivity contribution is -0.116. The van der Waals surface area contributed by atoms with Crippen LogP contribution in [-0.4, -0.2) is 31.1 Å². The zero-order valence-corrected chi connectivity index (χ0v) is 14.6. The van der Waals surface area contributed by atoms with Crippen molar-refractivity contribution in [3.63, 3.8) is 0 Å². The molecule has 0 saturated carbocycles. The van der Waals surface area contributed by atoms with Crippen LogP contribution < -0.4 is 15.4 Å². The first-order valence-corrected chi connectivity index (χ1v) is 7.99. The molecule has 1 heterocycles. The van der Waals surface area contributed by atoms with E-state index in [0.29, 0.717) is 34.7 Å². The number of hydrogen-bond donors (Lipinski definition) is 2. The molecule has 0 saturated heterocycles. The number of methoxy groups -OCH3 is 1. The number of pyridine rings is 1. The van der Waals surface area contributed by atoms with E-state index in [4.69, 9.17) is 27.9 Å². The quantitative estimate of drug-likeness (QED) is 0.580. The molecule has 0 radical (unpaired) electrons. The highest BCUT2D eigenvalue weighted by Gasteiger charge is 2.02. The van der Waals surface area contributed by atoms with Crippen LogP contribution in [0.4, 0.5) is 5.82 Å². The standard InChI is InChI=1S/C17H17Cl2N3O2/c1-24-15-5-3-2-4-12(15)6-7-16(23)20-8-9-21-17-14(19)10-13(18)11-22-17/h2-7,10-11H,8-9H2,1H3,(H,20,23)(H,21,22)/b7-6+. The third-order valence-electron chi connectivity index (χ3n) is 3.08. The Labute approximate surface area is 150 Å². The summed E-state index contributed by atoms with van der Waals surface area (Å²) < 4.78 is 5.22. The molecular weight excluding hydrogens is 349 g/mol. The summed E-state index contributed by atoms with van der Waals surface area (Å²) >= 11 is 11.8. The van der Waals surface area contributed by atoms with Gasteiger partial charge in [-0.15, -0.1) is 0 Å². The zero-order valence-electron chi connectivity index (χ0n) is 13.1. The van der Waals surface area contributed by atoms with E-state index in [1.807, 2.05) is 24.3 Å². The van der Waals surface area contributed by atoms with Crippen LogP contribution in [0.5, 0.6) is 5.75 Å². The van der Waals surface area contributed by atoms with Crippen molar-refractivity contribution >= 4 is 41.0 Å². The third-order valence-corrected chi connectivity index (χ3v) is 3.57. The topological polar surface area (TPSA) is 63.2 Å². The van der Waals surface area contributed by atoms with Crippen LogP contribution in [0.3, 0.4) is 0 Å². The van der Waals surface area contributed by atoms with E-state index in [0.717, 1.165) is 5.56 Å². The number of anilines is 1. The number of hydrogen-bond acceptors (Lipinski definition) is 4. The van der Waals surface area contributed by atoms with Gasteiger partial charge >= 0.3 is 0 Å². The molecular formula is C17H17Cl2N3O2. The van der Waals surface area contributed by atoms with Crippen molar-refractivity contribution in [2.45, 2.75) is 0 Å².